The van der Waals surface area contributed by atoms with Crippen molar-refractivity contribution in [2.75, 3.05) is 18.2 Å². The summed E-state index contributed by atoms with van der Waals surface area (Å²) in [5, 5.41) is -0.202. The summed E-state index contributed by atoms with van der Waals surface area (Å²) in [5.41, 5.74) is 0.581. The smallest absolute Gasteiger partial charge is 0.224 e. The number of alkyl halides is 1. The van der Waals surface area contributed by atoms with Gasteiger partial charge in [0.05, 0.1) is 0 Å². The van der Waals surface area contributed by atoms with Crippen molar-refractivity contribution in [3.63, 3.8) is 0 Å². The predicted octanol–water partition coefficient (Wildman–Crippen LogP) is 3.03. The minimum Gasteiger partial charge on any atom is -0.326 e. The Morgan fingerprint density at radius 1 is 1.53 bits per heavy atom. The molecule has 17 heavy (non-hydrogen) atoms. The second-order valence-corrected chi connectivity index (χ2v) is 5.34. The van der Waals surface area contributed by atoms with Gasteiger partial charge in [-0.3, -0.25) is 4.79 Å². The van der Waals surface area contributed by atoms with Gasteiger partial charge in [-0.25, -0.2) is 4.39 Å². The number of carbonyl (C=O) groups excluding carboxylic acids is 1. The number of nitrogens with zero attached hydrogens (tertiary/aromatic N) is 1. The third-order valence-electron chi connectivity index (χ3n) is 2.69. The average molecular weight is 274 g/mol. The molecule has 1 atom stereocenters. The average Bonchev–Trinajstić information content (AvgIpc) is 2.79. The van der Waals surface area contributed by atoms with E-state index < -0.39 is 0 Å². The fourth-order valence-corrected chi connectivity index (χ4v) is 3.34. The molecule has 1 unspecified atom stereocenters. The Morgan fingerprint density at radius 2 is 2.29 bits per heavy atom. The molecule has 1 amide bonds. The van der Waals surface area contributed by atoms with Crippen molar-refractivity contribution in [2.45, 2.75) is 11.8 Å². The zero-order valence-electron chi connectivity index (χ0n) is 9.23. The maximum absolute atomic E-state index is 13.7. The van der Waals surface area contributed by atoms with E-state index in [2.05, 4.69) is 0 Å². The monoisotopic (exact) mass is 273 g/mol. The summed E-state index contributed by atoms with van der Waals surface area (Å²) in [6, 6.07) is 6.61. The topological polar surface area (TPSA) is 20.3 Å². The Hall–Kier alpha value is -0.740. The summed E-state index contributed by atoms with van der Waals surface area (Å²) < 4.78 is 13.7. The van der Waals surface area contributed by atoms with Crippen molar-refractivity contribution in [3.8, 4) is 0 Å². The Kier molecular flexibility index (Phi) is 4.29. The zero-order chi connectivity index (χ0) is 12.3. The lowest BCUT2D eigenvalue weighted by molar-refractivity contribution is -0.130. The Balaban J connectivity index is 2.20. The van der Waals surface area contributed by atoms with E-state index in [0.717, 1.165) is 5.75 Å². The first-order chi connectivity index (χ1) is 8.24. The van der Waals surface area contributed by atoms with Gasteiger partial charge in [0.25, 0.3) is 0 Å². The summed E-state index contributed by atoms with van der Waals surface area (Å²) >= 11 is 7.17. The fraction of sp³-hybridized carbons (Fsp3) is 0.417. The van der Waals surface area contributed by atoms with Crippen molar-refractivity contribution in [3.05, 3.63) is 35.6 Å². The first-order valence-corrected chi connectivity index (χ1v) is 7.04. The molecular formula is C12H13ClFNOS. The molecule has 0 spiro atoms. The van der Waals surface area contributed by atoms with Crippen LogP contribution in [0.25, 0.3) is 0 Å². The maximum atomic E-state index is 13.7. The molecule has 1 saturated heterocycles. The number of rotatable bonds is 3. The van der Waals surface area contributed by atoms with Crippen molar-refractivity contribution in [2.24, 2.45) is 0 Å². The van der Waals surface area contributed by atoms with E-state index >= 15 is 0 Å². The van der Waals surface area contributed by atoms with Crippen LogP contribution in [-0.2, 0) is 4.79 Å². The number of benzene rings is 1. The van der Waals surface area contributed by atoms with Crippen molar-refractivity contribution in [1.82, 2.24) is 4.90 Å². The second kappa shape index (κ2) is 5.74. The summed E-state index contributed by atoms with van der Waals surface area (Å²) in [7, 11) is 0. The van der Waals surface area contributed by atoms with Gasteiger partial charge < -0.3 is 4.90 Å². The molecule has 0 aromatic heterocycles. The first kappa shape index (κ1) is 12.7. The molecule has 0 bridgehead atoms. The normalized spacial score (nSPS) is 19.6. The van der Waals surface area contributed by atoms with E-state index in [1.807, 2.05) is 0 Å². The Bertz CT molecular complexity index is 415. The number of halogens is 2. The molecule has 0 saturated carbocycles. The van der Waals surface area contributed by atoms with Gasteiger partial charge in [0.1, 0.15) is 11.2 Å². The SMILES string of the molecule is O=C(CCCl)N1CCSC1c1ccccc1F. The van der Waals surface area contributed by atoms with Crippen molar-refractivity contribution >= 4 is 29.3 Å². The fourth-order valence-electron chi connectivity index (χ4n) is 1.88. The second-order valence-electron chi connectivity index (χ2n) is 3.77. The molecule has 1 aliphatic rings. The molecule has 0 N–H and O–H groups in total. The van der Waals surface area contributed by atoms with Crippen LogP contribution in [0.4, 0.5) is 4.39 Å². The van der Waals surface area contributed by atoms with Crippen LogP contribution in [0.1, 0.15) is 17.4 Å². The van der Waals surface area contributed by atoms with Crippen LogP contribution in [0.15, 0.2) is 24.3 Å². The standard InChI is InChI=1S/C12H13ClFNOS/c13-6-5-11(16)15-7-8-17-12(15)9-3-1-2-4-10(9)14/h1-4,12H,5-8H2. The molecule has 1 aromatic rings. The molecule has 1 heterocycles. The summed E-state index contributed by atoms with van der Waals surface area (Å²) in [4.78, 5) is 13.6. The molecule has 1 fully saturated rings. The van der Waals surface area contributed by atoms with Gasteiger partial charge >= 0.3 is 0 Å². The number of hydrogen-bond acceptors (Lipinski definition) is 2. The highest BCUT2D eigenvalue weighted by Crippen LogP contribution is 2.39. The highest BCUT2D eigenvalue weighted by Gasteiger charge is 2.31. The maximum Gasteiger partial charge on any atom is 0.224 e. The van der Waals surface area contributed by atoms with Gasteiger partial charge in [0.2, 0.25) is 5.91 Å². The van der Waals surface area contributed by atoms with Crippen LogP contribution in [0, 0.1) is 5.82 Å². The third kappa shape index (κ3) is 2.75. The van der Waals surface area contributed by atoms with Crippen LogP contribution in [0.2, 0.25) is 0 Å². The number of hydrogen-bond donors (Lipinski definition) is 0. The van der Waals surface area contributed by atoms with Gasteiger partial charge in [-0.05, 0) is 6.07 Å². The van der Waals surface area contributed by atoms with Crippen molar-refractivity contribution < 1.29 is 9.18 Å². The van der Waals surface area contributed by atoms with Crippen molar-refractivity contribution in [1.29, 1.82) is 0 Å². The van der Waals surface area contributed by atoms with Gasteiger partial charge in [0, 0.05) is 30.2 Å². The predicted molar refractivity (Wildman–Crippen MR) is 68.6 cm³/mol. The molecule has 0 radical (unpaired) electrons. The molecule has 1 aliphatic heterocycles. The summed E-state index contributed by atoms with van der Waals surface area (Å²) in [5.74, 6) is 0.894. The number of amides is 1. The van der Waals surface area contributed by atoms with E-state index in [1.165, 1.54) is 6.07 Å². The molecular weight excluding hydrogens is 261 g/mol. The number of thioether (sulfide) groups is 1. The lowest BCUT2D eigenvalue weighted by Gasteiger charge is -2.24. The molecule has 0 aliphatic carbocycles. The largest absolute Gasteiger partial charge is 0.326 e. The van der Waals surface area contributed by atoms with Crippen LogP contribution in [0.3, 0.4) is 0 Å². The van der Waals surface area contributed by atoms with E-state index in [9.17, 15) is 9.18 Å². The molecule has 5 heteroatoms. The van der Waals surface area contributed by atoms with Crippen LogP contribution in [0.5, 0.6) is 0 Å². The highest BCUT2D eigenvalue weighted by atomic mass is 35.5. The first-order valence-electron chi connectivity index (χ1n) is 5.45. The third-order valence-corrected chi connectivity index (χ3v) is 4.12. The Labute approximate surface area is 109 Å². The Morgan fingerprint density at radius 3 is 3.00 bits per heavy atom. The molecule has 1 aromatic carbocycles. The van der Waals surface area contributed by atoms with Gasteiger partial charge in [0.15, 0.2) is 0 Å². The van der Waals surface area contributed by atoms with E-state index in [4.69, 9.17) is 11.6 Å². The van der Waals surface area contributed by atoms with Crippen LogP contribution in [-0.4, -0.2) is 29.0 Å². The molecule has 92 valence electrons. The van der Waals surface area contributed by atoms with Crippen LogP contribution < -0.4 is 0 Å². The summed E-state index contributed by atoms with van der Waals surface area (Å²) in [6.07, 6.45) is 0.313. The summed E-state index contributed by atoms with van der Waals surface area (Å²) in [6.45, 7) is 0.666. The van der Waals surface area contributed by atoms with Gasteiger partial charge in [-0.2, -0.15) is 0 Å². The van der Waals surface area contributed by atoms with Gasteiger partial charge in [-0.15, -0.1) is 23.4 Å². The molecule has 2 nitrogen and oxygen atoms in total. The van der Waals surface area contributed by atoms with E-state index in [1.54, 1.807) is 34.9 Å². The van der Waals surface area contributed by atoms with E-state index in [-0.39, 0.29) is 17.1 Å². The lowest BCUT2D eigenvalue weighted by Crippen LogP contribution is -2.30. The highest BCUT2D eigenvalue weighted by molar-refractivity contribution is 7.99. The van der Waals surface area contributed by atoms with E-state index in [0.29, 0.717) is 24.4 Å². The minimum atomic E-state index is -0.254. The minimum absolute atomic E-state index is 0.00162. The number of carbonyl (C=O) groups is 1. The van der Waals surface area contributed by atoms with Crippen LogP contribution >= 0.6 is 23.4 Å². The quantitative estimate of drug-likeness (QED) is 0.789. The molecule has 2 rings (SSSR count). The van der Waals surface area contributed by atoms with Gasteiger partial charge in [-0.1, -0.05) is 18.2 Å². The zero-order valence-corrected chi connectivity index (χ0v) is 10.8. The lowest BCUT2D eigenvalue weighted by atomic mass is 10.2.